The zero-order valence-electron chi connectivity index (χ0n) is 9.12. The zero-order valence-corrected chi connectivity index (χ0v) is 9.12. The summed E-state index contributed by atoms with van der Waals surface area (Å²) in [6.07, 6.45) is 3.60. The van der Waals surface area contributed by atoms with Gasteiger partial charge in [-0.15, -0.1) is 0 Å². The Morgan fingerprint density at radius 1 is 1.29 bits per heavy atom. The van der Waals surface area contributed by atoms with Crippen molar-refractivity contribution < 1.29 is 0 Å². The van der Waals surface area contributed by atoms with Gasteiger partial charge < -0.3 is 10.2 Å². The number of rotatable bonds is 5. The lowest BCUT2D eigenvalue weighted by Gasteiger charge is -2.12. The molecule has 4 heteroatoms. The Morgan fingerprint density at radius 3 is 2.57 bits per heavy atom. The maximum Gasteiger partial charge on any atom is 0.144 e. The van der Waals surface area contributed by atoms with E-state index in [4.69, 9.17) is 0 Å². The molecule has 0 aliphatic heterocycles. The van der Waals surface area contributed by atoms with E-state index in [-0.39, 0.29) is 0 Å². The van der Waals surface area contributed by atoms with Crippen LogP contribution < -0.4 is 5.32 Å². The molecule has 0 atom stereocenters. The summed E-state index contributed by atoms with van der Waals surface area (Å²) in [4.78, 5) is 10.8. The second kappa shape index (κ2) is 5.54. The SMILES string of the molecule is CCNc1cnc(CN(C)CC)cn1. The maximum absolute atomic E-state index is 4.32. The third kappa shape index (κ3) is 3.30. The minimum atomic E-state index is 0.843. The molecule has 0 spiro atoms. The van der Waals surface area contributed by atoms with Crippen LogP contribution in [0.4, 0.5) is 5.82 Å². The van der Waals surface area contributed by atoms with E-state index in [1.807, 2.05) is 13.1 Å². The minimum Gasteiger partial charge on any atom is -0.369 e. The number of aromatic nitrogens is 2. The fourth-order valence-corrected chi connectivity index (χ4v) is 1.10. The molecule has 0 bridgehead atoms. The molecule has 1 N–H and O–H groups in total. The van der Waals surface area contributed by atoms with Crippen molar-refractivity contribution in [1.29, 1.82) is 0 Å². The quantitative estimate of drug-likeness (QED) is 0.768. The van der Waals surface area contributed by atoms with E-state index in [9.17, 15) is 0 Å². The number of hydrogen-bond donors (Lipinski definition) is 1. The fourth-order valence-electron chi connectivity index (χ4n) is 1.10. The van der Waals surface area contributed by atoms with Gasteiger partial charge in [-0.1, -0.05) is 6.92 Å². The Hall–Kier alpha value is -1.16. The highest BCUT2D eigenvalue weighted by molar-refractivity contribution is 5.30. The first-order valence-electron chi connectivity index (χ1n) is 4.99. The summed E-state index contributed by atoms with van der Waals surface area (Å²) in [6.45, 7) is 6.93. The number of nitrogens with one attached hydrogen (secondary N) is 1. The largest absolute Gasteiger partial charge is 0.369 e. The van der Waals surface area contributed by atoms with Crippen molar-refractivity contribution in [3.05, 3.63) is 18.1 Å². The second-order valence-corrected chi connectivity index (χ2v) is 3.25. The average Bonchev–Trinajstić information content (AvgIpc) is 2.21. The topological polar surface area (TPSA) is 41.1 Å². The van der Waals surface area contributed by atoms with Crippen LogP contribution >= 0.6 is 0 Å². The maximum atomic E-state index is 4.32. The van der Waals surface area contributed by atoms with Crippen molar-refractivity contribution in [1.82, 2.24) is 14.9 Å². The molecule has 1 aromatic rings. The van der Waals surface area contributed by atoms with Crippen molar-refractivity contribution in [2.24, 2.45) is 0 Å². The zero-order chi connectivity index (χ0) is 10.4. The predicted molar refractivity (Wildman–Crippen MR) is 58.2 cm³/mol. The molecule has 0 aliphatic rings. The van der Waals surface area contributed by atoms with Gasteiger partial charge in [0.2, 0.25) is 0 Å². The highest BCUT2D eigenvalue weighted by atomic mass is 15.1. The van der Waals surface area contributed by atoms with E-state index >= 15 is 0 Å². The highest BCUT2D eigenvalue weighted by Crippen LogP contribution is 2.02. The van der Waals surface area contributed by atoms with Crippen LogP contribution in [0.2, 0.25) is 0 Å². The molecule has 0 amide bonds. The van der Waals surface area contributed by atoms with E-state index in [1.54, 1.807) is 6.20 Å². The monoisotopic (exact) mass is 194 g/mol. The van der Waals surface area contributed by atoms with Gasteiger partial charge in [0.05, 0.1) is 18.1 Å². The average molecular weight is 194 g/mol. The Morgan fingerprint density at radius 2 is 2.07 bits per heavy atom. The summed E-state index contributed by atoms with van der Waals surface area (Å²) in [5.41, 5.74) is 1.01. The van der Waals surface area contributed by atoms with E-state index in [0.717, 1.165) is 31.1 Å². The molecule has 0 saturated heterocycles. The van der Waals surface area contributed by atoms with Gasteiger partial charge in [0.1, 0.15) is 5.82 Å². The molecule has 4 nitrogen and oxygen atoms in total. The molecule has 1 heterocycles. The lowest BCUT2D eigenvalue weighted by Crippen LogP contribution is -2.17. The third-order valence-electron chi connectivity index (χ3n) is 2.03. The number of hydrogen-bond acceptors (Lipinski definition) is 4. The number of anilines is 1. The first-order valence-corrected chi connectivity index (χ1v) is 4.99. The fraction of sp³-hybridized carbons (Fsp3) is 0.600. The van der Waals surface area contributed by atoms with Crippen molar-refractivity contribution in [3.63, 3.8) is 0 Å². The lowest BCUT2D eigenvalue weighted by molar-refractivity contribution is 0.341. The summed E-state index contributed by atoms with van der Waals surface area (Å²) < 4.78 is 0. The van der Waals surface area contributed by atoms with Crippen LogP contribution in [0.5, 0.6) is 0 Å². The Balaban J connectivity index is 2.54. The Labute approximate surface area is 85.4 Å². The first-order chi connectivity index (χ1) is 6.76. The van der Waals surface area contributed by atoms with Gasteiger partial charge in [0.15, 0.2) is 0 Å². The molecule has 14 heavy (non-hydrogen) atoms. The minimum absolute atomic E-state index is 0.843. The molecular formula is C10H18N4. The predicted octanol–water partition coefficient (Wildman–Crippen LogP) is 1.36. The van der Waals surface area contributed by atoms with Crippen LogP contribution in [0.1, 0.15) is 19.5 Å². The third-order valence-corrected chi connectivity index (χ3v) is 2.03. The van der Waals surface area contributed by atoms with Crippen LogP contribution in [-0.4, -0.2) is 35.0 Å². The number of nitrogens with zero attached hydrogens (tertiary/aromatic N) is 3. The van der Waals surface area contributed by atoms with Crippen LogP contribution in [0.3, 0.4) is 0 Å². The van der Waals surface area contributed by atoms with Crippen LogP contribution in [0, 0.1) is 0 Å². The van der Waals surface area contributed by atoms with E-state index in [0.29, 0.717) is 0 Å². The van der Waals surface area contributed by atoms with Crippen molar-refractivity contribution >= 4 is 5.82 Å². The molecule has 0 aliphatic carbocycles. The standard InChI is InChI=1S/C10H18N4/c1-4-11-10-7-12-9(6-13-10)8-14(3)5-2/h6-7H,4-5,8H2,1-3H3,(H,11,13). The summed E-state index contributed by atoms with van der Waals surface area (Å²) in [5.74, 6) is 0.843. The van der Waals surface area contributed by atoms with Crippen LogP contribution in [0.25, 0.3) is 0 Å². The molecule has 0 aromatic carbocycles. The van der Waals surface area contributed by atoms with E-state index < -0.39 is 0 Å². The molecule has 1 aromatic heterocycles. The summed E-state index contributed by atoms with van der Waals surface area (Å²) in [6, 6.07) is 0. The van der Waals surface area contributed by atoms with E-state index in [1.165, 1.54) is 0 Å². The van der Waals surface area contributed by atoms with Crippen molar-refractivity contribution in [2.45, 2.75) is 20.4 Å². The van der Waals surface area contributed by atoms with E-state index in [2.05, 4.69) is 34.2 Å². The molecule has 0 fully saturated rings. The molecular weight excluding hydrogens is 176 g/mol. The van der Waals surface area contributed by atoms with Gasteiger partial charge in [0, 0.05) is 13.1 Å². The summed E-state index contributed by atoms with van der Waals surface area (Å²) >= 11 is 0. The van der Waals surface area contributed by atoms with Crippen molar-refractivity contribution in [2.75, 3.05) is 25.5 Å². The smallest absolute Gasteiger partial charge is 0.144 e. The molecule has 0 unspecified atom stereocenters. The second-order valence-electron chi connectivity index (χ2n) is 3.25. The summed E-state index contributed by atoms with van der Waals surface area (Å²) in [7, 11) is 2.07. The highest BCUT2D eigenvalue weighted by Gasteiger charge is 1.99. The Kier molecular flexibility index (Phi) is 4.32. The Bertz CT molecular complexity index is 257. The summed E-state index contributed by atoms with van der Waals surface area (Å²) in [5, 5.41) is 3.11. The van der Waals surface area contributed by atoms with Gasteiger partial charge in [0.25, 0.3) is 0 Å². The van der Waals surface area contributed by atoms with Gasteiger partial charge in [-0.3, -0.25) is 4.98 Å². The molecule has 0 radical (unpaired) electrons. The van der Waals surface area contributed by atoms with Crippen molar-refractivity contribution in [3.8, 4) is 0 Å². The van der Waals surface area contributed by atoms with Crippen LogP contribution in [-0.2, 0) is 6.54 Å². The molecule has 1 rings (SSSR count). The molecule has 0 saturated carbocycles. The van der Waals surface area contributed by atoms with Gasteiger partial charge in [-0.05, 0) is 20.5 Å². The lowest BCUT2D eigenvalue weighted by atomic mass is 10.4. The molecule has 78 valence electrons. The normalized spacial score (nSPS) is 10.6. The first kappa shape index (κ1) is 10.9. The van der Waals surface area contributed by atoms with Gasteiger partial charge in [-0.2, -0.15) is 0 Å². The van der Waals surface area contributed by atoms with Gasteiger partial charge >= 0.3 is 0 Å². The van der Waals surface area contributed by atoms with Crippen LogP contribution in [0.15, 0.2) is 12.4 Å². The van der Waals surface area contributed by atoms with Gasteiger partial charge in [-0.25, -0.2) is 4.98 Å².